The summed E-state index contributed by atoms with van der Waals surface area (Å²) in [7, 11) is 0. The number of hydrogen-bond acceptors (Lipinski definition) is 9. The number of para-hydroxylation sites is 1. The maximum atomic E-state index is 6.71. The highest BCUT2D eigenvalue weighted by atomic mass is 32.1. The van der Waals surface area contributed by atoms with E-state index in [4.69, 9.17) is 34.3 Å². The maximum Gasteiger partial charge on any atom is 0.160 e. The van der Waals surface area contributed by atoms with Crippen LogP contribution in [-0.2, 0) is 16.2 Å². The molecule has 710 valence electrons. The van der Waals surface area contributed by atoms with Gasteiger partial charge in [0.05, 0.1) is 34.2 Å². The van der Waals surface area contributed by atoms with Crippen LogP contribution >= 0.6 is 22.7 Å². The number of hydrogen-bond donors (Lipinski definition) is 0. The fraction of sp³-hybridized carbons (Fsp3) is 0.0638. The molecule has 0 atom stereocenters. The van der Waals surface area contributed by atoms with Crippen molar-refractivity contribution in [1.82, 2.24) is 29.9 Å². The van der Waals surface area contributed by atoms with Crippen molar-refractivity contribution < 1.29 is 4.42 Å². The first-order chi connectivity index (χ1) is 73.6. The summed E-state index contributed by atoms with van der Waals surface area (Å²) in [5.41, 5.74) is 44.3. The van der Waals surface area contributed by atoms with Crippen LogP contribution < -0.4 is 0 Å². The van der Waals surface area contributed by atoms with Gasteiger partial charge in [0.25, 0.3) is 0 Å². The molecule has 0 unspecified atom stereocenters. The Labute approximate surface area is 879 Å². The van der Waals surface area contributed by atoms with Gasteiger partial charge in [-0.1, -0.05) is 466 Å². The van der Waals surface area contributed by atoms with Gasteiger partial charge in [-0.2, -0.15) is 0 Å². The summed E-state index contributed by atoms with van der Waals surface area (Å²) in [6.07, 6.45) is 0. The summed E-state index contributed by atoms with van der Waals surface area (Å²) < 4.78 is 11.8. The van der Waals surface area contributed by atoms with Gasteiger partial charge in [0.2, 0.25) is 0 Å². The molecule has 0 saturated carbocycles. The number of aromatic nitrogens is 6. The Hall–Kier alpha value is -18.1. The minimum Gasteiger partial charge on any atom is -0.455 e. The Morgan fingerprint density at radius 3 is 0.827 bits per heavy atom. The second kappa shape index (κ2) is 36.8. The maximum absolute atomic E-state index is 6.71. The Kier molecular flexibility index (Phi) is 22.2. The van der Waals surface area contributed by atoms with E-state index in [-0.39, 0.29) is 16.2 Å². The summed E-state index contributed by atoms with van der Waals surface area (Å²) >= 11 is 3.73. The number of nitrogens with zero attached hydrogens (tertiary/aromatic N) is 6. The molecule has 0 radical (unpaired) electrons. The normalized spacial score (nSPS) is 13.0. The highest BCUT2D eigenvalue weighted by Crippen LogP contribution is 2.57. The van der Waals surface area contributed by atoms with Gasteiger partial charge >= 0.3 is 0 Å². The minimum atomic E-state index is -0.0912. The minimum absolute atomic E-state index is 0.0393. The van der Waals surface area contributed by atoms with Crippen LogP contribution in [0.25, 0.3) is 253 Å². The summed E-state index contributed by atoms with van der Waals surface area (Å²) in [4.78, 5) is 31.0. The van der Waals surface area contributed by atoms with Crippen LogP contribution in [0.5, 0.6) is 0 Å². The van der Waals surface area contributed by atoms with Crippen LogP contribution in [0.2, 0.25) is 0 Å². The van der Waals surface area contributed by atoms with Crippen molar-refractivity contribution >= 4 is 85.0 Å². The highest BCUT2D eigenvalue weighted by Gasteiger charge is 2.39. The molecular weight excluding hydrogens is 1860 g/mol. The van der Waals surface area contributed by atoms with Crippen LogP contribution in [-0.4, -0.2) is 29.9 Å². The lowest BCUT2D eigenvalue weighted by Gasteiger charge is -2.22. The molecule has 26 aromatic rings. The van der Waals surface area contributed by atoms with E-state index in [0.717, 1.165) is 129 Å². The number of thiophene rings is 2. The van der Waals surface area contributed by atoms with Gasteiger partial charge in [-0.3, -0.25) is 0 Å². The van der Waals surface area contributed by atoms with Gasteiger partial charge in [0.1, 0.15) is 11.2 Å². The third kappa shape index (κ3) is 15.8. The van der Waals surface area contributed by atoms with Crippen LogP contribution in [0.15, 0.2) is 490 Å². The lowest BCUT2D eigenvalue weighted by atomic mass is 9.81. The van der Waals surface area contributed by atoms with Gasteiger partial charge in [0.15, 0.2) is 17.5 Å². The average Bonchev–Trinajstić information content (AvgIpc) is 1.60. The van der Waals surface area contributed by atoms with Crippen LogP contribution in [0.4, 0.5) is 0 Å². The molecule has 0 spiro atoms. The van der Waals surface area contributed by atoms with Crippen LogP contribution in [0, 0.1) is 0 Å². The molecule has 3 aliphatic carbocycles. The Bertz CT molecular complexity index is 9250. The van der Waals surface area contributed by atoms with Crippen molar-refractivity contribution in [3.05, 3.63) is 519 Å². The first-order valence-electron chi connectivity index (χ1n) is 51.4. The van der Waals surface area contributed by atoms with E-state index >= 15 is 0 Å². The summed E-state index contributed by atoms with van der Waals surface area (Å²) in [5.74, 6) is 2.13. The first kappa shape index (κ1) is 90.6. The molecule has 0 saturated heterocycles. The van der Waals surface area contributed by atoms with Crippen LogP contribution in [0.1, 0.15) is 74.9 Å². The van der Waals surface area contributed by atoms with E-state index in [1.165, 1.54) is 152 Å². The quantitative estimate of drug-likeness (QED) is 0.107. The molecule has 9 heteroatoms. The third-order valence-electron chi connectivity index (χ3n) is 31.0. The predicted octanol–water partition coefficient (Wildman–Crippen LogP) is 38.3. The van der Waals surface area contributed by atoms with Crippen molar-refractivity contribution in [3.63, 3.8) is 0 Å². The van der Waals surface area contributed by atoms with Crippen molar-refractivity contribution in [2.75, 3.05) is 0 Å². The fourth-order valence-corrected chi connectivity index (χ4v) is 25.9. The van der Waals surface area contributed by atoms with E-state index in [1.54, 1.807) is 0 Å². The first-order valence-corrected chi connectivity index (χ1v) is 53.0. The SMILES string of the molecule is CC1(C)c2ccccc2-c2ccc(-c3c(-c4cc(-c5ccccc5)nc(-c5ccccc5)n4)ccc4c3sc3ccccc34)cc21.CC1(C)c2ccccc2-c2ccc(-c3ccc(-c4c(-c5cc(-c6ccccc6)nc(-c6ccccc6)n5)ccc5c4oc4ccccc45)cc3)cc21.CC1(C)c2ccccc2-c2ccc(-c3ccc(-c4c(-c5cc(-c6ccccc6)nc(-c6ccccc6)n5)ccc5c4sc4ccccc45)cc3)cc21. The Balaban J connectivity index is 0.000000111. The topological polar surface area (TPSA) is 90.5 Å². The van der Waals surface area contributed by atoms with Crippen molar-refractivity contribution in [2.45, 2.75) is 57.8 Å². The zero-order chi connectivity index (χ0) is 100. The molecular formula is C141H98N6OS2. The van der Waals surface area contributed by atoms with Gasteiger partial charge in [0, 0.05) is 134 Å². The third-order valence-corrected chi connectivity index (χ3v) is 33.4. The van der Waals surface area contributed by atoms with Gasteiger partial charge < -0.3 is 4.42 Å². The molecule has 0 amide bonds. The molecule has 7 nitrogen and oxygen atoms in total. The van der Waals surface area contributed by atoms with Crippen molar-refractivity contribution in [2.24, 2.45) is 0 Å². The van der Waals surface area contributed by atoms with Crippen LogP contribution in [0.3, 0.4) is 0 Å². The zero-order valence-corrected chi connectivity index (χ0v) is 85.2. The second-order valence-electron chi connectivity index (χ2n) is 40.9. The Morgan fingerprint density at radius 1 is 0.173 bits per heavy atom. The molecule has 150 heavy (non-hydrogen) atoms. The molecule has 6 aromatic heterocycles. The number of furan rings is 1. The molecule has 6 heterocycles. The molecule has 3 aliphatic rings. The summed E-state index contributed by atoms with van der Waals surface area (Å²) in [5, 5.41) is 7.31. The van der Waals surface area contributed by atoms with E-state index in [2.05, 4.69) is 430 Å². The Morgan fingerprint density at radius 2 is 0.440 bits per heavy atom. The van der Waals surface area contributed by atoms with Gasteiger partial charge in [-0.15, -0.1) is 22.7 Å². The summed E-state index contributed by atoms with van der Waals surface area (Å²) in [6.45, 7) is 14.1. The molecule has 0 N–H and O–H groups in total. The van der Waals surface area contributed by atoms with E-state index in [1.807, 2.05) is 120 Å². The second-order valence-corrected chi connectivity index (χ2v) is 43.0. The molecule has 0 bridgehead atoms. The van der Waals surface area contributed by atoms with Gasteiger partial charge in [-0.25, -0.2) is 29.9 Å². The molecule has 20 aromatic carbocycles. The number of fused-ring (bicyclic) bond motifs is 18. The average molecular weight is 1960 g/mol. The largest absolute Gasteiger partial charge is 0.455 e. The summed E-state index contributed by atoms with van der Waals surface area (Å²) in [6, 6.07) is 173. The lowest BCUT2D eigenvalue weighted by molar-refractivity contribution is 0.660. The van der Waals surface area contributed by atoms with E-state index < -0.39 is 0 Å². The predicted molar refractivity (Wildman–Crippen MR) is 628 cm³/mol. The number of benzene rings is 20. The lowest BCUT2D eigenvalue weighted by Crippen LogP contribution is -2.14. The standard InChI is InChI=1S/C49H34N2O.C49H34N2S.C43H30N2S/c2*1-49(2)41-19-11-9-17-36(41)37-26-25-35(29-42(37)49)31-21-23-33(24-22-31)46-40(28-27-39-38-18-10-12-20-45(38)52-47(39)46)44-30-43(32-13-5-3-6-14-32)50-48(51-44)34-15-7-4-8-16-34;1-43(2)35-19-11-9-17-30(35)31-22-21-29(25-36(31)43)40-34(24-23-33-32-18-10-12-20-39(32)46-41(33)40)38-26-37(27-13-5-3-6-14-27)44-42(45-38)28-15-7-4-8-16-28/h2*3-30H,1-2H3;3-26H,1-2H3. The monoisotopic (exact) mass is 1950 g/mol. The van der Waals surface area contributed by atoms with E-state index in [0.29, 0.717) is 5.82 Å². The molecule has 0 fully saturated rings. The number of rotatable bonds is 14. The fourth-order valence-electron chi connectivity index (χ4n) is 23.3. The van der Waals surface area contributed by atoms with Gasteiger partial charge in [-0.05, 0) is 166 Å². The van der Waals surface area contributed by atoms with Crippen molar-refractivity contribution in [3.8, 4) is 191 Å². The smallest absolute Gasteiger partial charge is 0.160 e. The molecule has 0 aliphatic heterocycles. The van der Waals surface area contributed by atoms with Crippen molar-refractivity contribution in [1.29, 1.82) is 0 Å². The highest BCUT2D eigenvalue weighted by molar-refractivity contribution is 7.26. The van der Waals surface area contributed by atoms with E-state index in [9.17, 15) is 0 Å². The molecule has 29 rings (SSSR count). The zero-order valence-electron chi connectivity index (χ0n) is 83.6.